The molecular formula is C19H21N3O3. The van der Waals surface area contributed by atoms with E-state index in [0.717, 1.165) is 22.6 Å². The molecular weight excluding hydrogens is 318 g/mol. The lowest BCUT2D eigenvalue weighted by molar-refractivity contribution is -0.127. The number of likely N-dealkylation sites (N-methyl/N-ethyl adjacent to an activating group) is 1. The number of fused-ring (bicyclic) bond motifs is 1. The number of hydrogen-bond donors (Lipinski definition) is 1. The third kappa shape index (κ3) is 3.17. The van der Waals surface area contributed by atoms with Crippen LogP contribution in [0.5, 0.6) is 11.5 Å². The third-order valence-electron chi connectivity index (χ3n) is 4.79. The number of nitrogens with zero attached hydrogens (tertiary/aromatic N) is 2. The van der Waals surface area contributed by atoms with Crippen LogP contribution in [-0.4, -0.2) is 42.1 Å². The SMILES string of the molecule is CN1C(=O)C[C@@H](NCc2ccc3c(c2)OCCO3)[C@@H]1c1cccnc1. The van der Waals surface area contributed by atoms with Crippen LogP contribution in [0, 0.1) is 0 Å². The number of likely N-dealkylation sites (tertiary alicyclic amines) is 1. The van der Waals surface area contributed by atoms with Gasteiger partial charge in [0.2, 0.25) is 5.91 Å². The maximum atomic E-state index is 12.2. The Kier molecular flexibility index (Phi) is 4.28. The highest BCUT2D eigenvalue weighted by Crippen LogP contribution is 2.33. The average molecular weight is 339 g/mol. The van der Waals surface area contributed by atoms with E-state index in [0.29, 0.717) is 26.2 Å². The molecule has 25 heavy (non-hydrogen) atoms. The van der Waals surface area contributed by atoms with Crippen molar-refractivity contribution < 1.29 is 14.3 Å². The van der Waals surface area contributed by atoms with E-state index in [1.54, 1.807) is 11.1 Å². The molecule has 2 aliphatic rings. The van der Waals surface area contributed by atoms with Gasteiger partial charge in [0.1, 0.15) is 13.2 Å². The molecule has 1 aromatic heterocycles. The highest BCUT2D eigenvalue weighted by atomic mass is 16.6. The van der Waals surface area contributed by atoms with E-state index in [1.165, 1.54) is 0 Å². The molecule has 0 bridgehead atoms. The number of benzene rings is 1. The van der Waals surface area contributed by atoms with Crippen LogP contribution in [0.15, 0.2) is 42.7 Å². The summed E-state index contributed by atoms with van der Waals surface area (Å²) in [5.41, 5.74) is 2.16. The van der Waals surface area contributed by atoms with E-state index in [1.807, 2.05) is 43.6 Å². The minimum atomic E-state index is -0.00147. The van der Waals surface area contributed by atoms with Crippen molar-refractivity contribution in [1.82, 2.24) is 15.2 Å². The van der Waals surface area contributed by atoms with Crippen molar-refractivity contribution in [3.05, 3.63) is 53.9 Å². The van der Waals surface area contributed by atoms with E-state index in [4.69, 9.17) is 9.47 Å². The van der Waals surface area contributed by atoms with E-state index in [-0.39, 0.29) is 18.0 Å². The molecule has 2 aliphatic heterocycles. The first kappa shape index (κ1) is 15.9. The molecule has 0 spiro atoms. The van der Waals surface area contributed by atoms with Crippen LogP contribution in [0.1, 0.15) is 23.6 Å². The van der Waals surface area contributed by atoms with Gasteiger partial charge in [0.05, 0.1) is 6.04 Å². The second-order valence-corrected chi connectivity index (χ2v) is 6.41. The van der Waals surface area contributed by atoms with E-state index in [9.17, 15) is 4.79 Å². The van der Waals surface area contributed by atoms with Crippen LogP contribution in [0.4, 0.5) is 0 Å². The first-order valence-electron chi connectivity index (χ1n) is 8.50. The van der Waals surface area contributed by atoms with Crippen LogP contribution >= 0.6 is 0 Å². The molecule has 3 heterocycles. The van der Waals surface area contributed by atoms with Crippen LogP contribution in [0.25, 0.3) is 0 Å². The van der Waals surface area contributed by atoms with E-state index >= 15 is 0 Å². The fraction of sp³-hybridized carbons (Fsp3) is 0.368. The second-order valence-electron chi connectivity index (χ2n) is 6.41. The molecule has 1 amide bonds. The van der Waals surface area contributed by atoms with Gasteiger partial charge in [0.15, 0.2) is 11.5 Å². The molecule has 0 aliphatic carbocycles. The maximum Gasteiger partial charge on any atom is 0.224 e. The van der Waals surface area contributed by atoms with Crippen molar-refractivity contribution in [2.45, 2.75) is 25.0 Å². The number of hydrogen-bond acceptors (Lipinski definition) is 5. The topological polar surface area (TPSA) is 63.7 Å². The molecule has 0 radical (unpaired) electrons. The second kappa shape index (κ2) is 6.72. The summed E-state index contributed by atoms with van der Waals surface area (Å²) in [5.74, 6) is 1.72. The van der Waals surface area contributed by atoms with Crippen molar-refractivity contribution in [1.29, 1.82) is 0 Å². The fourth-order valence-corrected chi connectivity index (χ4v) is 3.51. The Balaban J connectivity index is 1.49. The van der Waals surface area contributed by atoms with Gasteiger partial charge < -0.3 is 19.7 Å². The van der Waals surface area contributed by atoms with Crippen molar-refractivity contribution in [3.8, 4) is 11.5 Å². The van der Waals surface area contributed by atoms with Crippen molar-refractivity contribution in [2.24, 2.45) is 0 Å². The fourth-order valence-electron chi connectivity index (χ4n) is 3.51. The number of amides is 1. The minimum Gasteiger partial charge on any atom is -0.486 e. The molecule has 1 N–H and O–H groups in total. The molecule has 0 saturated carbocycles. The molecule has 1 aromatic carbocycles. The molecule has 0 unspecified atom stereocenters. The maximum absolute atomic E-state index is 12.2. The Morgan fingerprint density at radius 1 is 1.24 bits per heavy atom. The van der Waals surface area contributed by atoms with Gasteiger partial charge in [-0.25, -0.2) is 0 Å². The molecule has 2 atom stereocenters. The lowest BCUT2D eigenvalue weighted by Gasteiger charge is -2.26. The first-order valence-corrected chi connectivity index (χ1v) is 8.50. The van der Waals surface area contributed by atoms with Crippen LogP contribution in [0.3, 0.4) is 0 Å². The van der Waals surface area contributed by atoms with Gasteiger partial charge in [-0.05, 0) is 29.3 Å². The zero-order chi connectivity index (χ0) is 17.2. The summed E-state index contributed by atoms with van der Waals surface area (Å²) in [6.45, 7) is 1.84. The summed E-state index contributed by atoms with van der Waals surface area (Å²) in [4.78, 5) is 18.2. The normalized spacial score (nSPS) is 22.3. The lowest BCUT2D eigenvalue weighted by Crippen LogP contribution is -2.34. The molecule has 2 aromatic rings. The van der Waals surface area contributed by atoms with Crippen LogP contribution in [-0.2, 0) is 11.3 Å². The number of rotatable bonds is 4. The number of carbonyl (C=O) groups is 1. The molecule has 6 nitrogen and oxygen atoms in total. The number of ether oxygens (including phenoxy) is 2. The average Bonchev–Trinajstić information content (AvgIpc) is 2.94. The summed E-state index contributed by atoms with van der Waals surface area (Å²) in [6, 6.07) is 9.94. The van der Waals surface area contributed by atoms with Crippen molar-refractivity contribution in [3.63, 3.8) is 0 Å². The lowest BCUT2D eigenvalue weighted by atomic mass is 10.0. The zero-order valence-electron chi connectivity index (χ0n) is 14.1. The quantitative estimate of drug-likeness (QED) is 0.922. The van der Waals surface area contributed by atoms with Crippen molar-refractivity contribution >= 4 is 5.91 Å². The van der Waals surface area contributed by atoms with Crippen molar-refractivity contribution in [2.75, 3.05) is 20.3 Å². The number of pyridine rings is 1. The van der Waals surface area contributed by atoms with Crippen LogP contribution < -0.4 is 14.8 Å². The summed E-state index contributed by atoms with van der Waals surface area (Å²) in [6.07, 6.45) is 4.07. The monoisotopic (exact) mass is 339 g/mol. The Morgan fingerprint density at radius 3 is 2.88 bits per heavy atom. The number of carbonyl (C=O) groups excluding carboxylic acids is 1. The predicted octanol–water partition coefficient (Wildman–Crippen LogP) is 1.91. The Bertz CT molecular complexity index is 766. The van der Waals surface area contributed by atoms with Gasteiger partial charge in [0.25, 0.3) is 0 Å². The third-order valence-corrected chi connectivity index (χ3v) is 4.79. The van der Waals surface area contributed by atoms with Gasteiger partial charge in [-0.3, -0.25) is 9.78 Å². The summed E-state index contributed by atoms with van der Waals surface area (Å²) in [5, 5.41) is 3.53. The summed E-state index contributed by atoms with van der Waals surface area (Å²) < 4.78 is 11.2. The zero-order valence-corrected chi connectivity index (χ0v) is 14.1. The highest BCUT2D eigenvalue weighted by Gasteiger charge is 2.38. The van der Waals surface area contributed by atoms with Gasteiger partial charge in [-0.15, -0.1) is 0 Å². The first-order chi connectivity index (χ1) is 12.2. The standard InChI is InChI=1S/C19H21N3O3/c1-22-18(23)10-15(19(22)14-3-2-6-20-12-14)21-11-13-4-5-16-17(9-13)25-8-7-24-16/h2-6,9,12,15,19,21H,7-8,10-11H2,1H3/t15-,19+/m1/s1. The Hall–Kier alpha value is -2.60. The molecule has 1 fully saturated rings. The molecule has 130 valence electrons. The molecule has 6 heteroatoms. The largest absolute Gasteiger partial charge is 0.486 e. The Labute approximate surface area is 146 Å². The van der Waals surface area contributed by atoms with Gasteiger partial charge in [-0.1, -0.05) is 12.1 Å². The summed E-state index contributed by atoms with van der Waals surface area (Å²) in [7, 11) is 1.85. The summed E-state index contributed by atoms with van der Waals surface area (Å²) >= 11 is 0. The number of aromatic nitrogens is 1. The van der Waals surface area contributed by atoms with Gasteiger partial charge in [0, 0.05) is 38.4 Å². The smallest absolute Gasteiger partial charge is 0.224 e. The number of nitrogens with one attached hydrogen (secondary N) is 1. The molecule has 4 rings (SSSR count). The van der Waals surface area contributed by atoms with Gasteiger partial charge in [-0.2, -0.15) is 0 Å². The highest BCUT2D eigenvalue weighted by molar-refractivity contribution is 5.80. The minimum absolute atomic E-state index is 0.00147. The van der Waals surface area contributed by atoms with Crippen LogP contribution in [0.2, 0.25) is 0 Å². The molecule has 1 saturated heterocycles. The van der Waals surface area contributed by atoms with Gasteiger partial charge >= 0.3 is 0 Å². The predicted molar refractivity (Wildman–Crippen MR) is 92.4 cm³/mol. The van der Waals surface area contributed by atoms with E-state index in [2.05, 4.69) is 10.3 Å². The van der Waals surface area contributed by atoms with E-state index < -0.39 is 0 Å². The Morgan fingerprint density at radius 2 is 2.08 bits per heavy atom.